The predicted octanol–water partition coefficient (Wildman–Crippen LogP) is 3.24. The average Bonchev–Trinajstić information content (AvgIpc) is 2.82. The number of anilines is 1. The number of imidazole rings is 1. The molecule has 5 heteroatoms. The van der Waals surface area contributed by atoms with Crippen LogP contribution in [0.1, 0.15) is 24.1 Å². The van der Waals surface area contributed by atoms with E-state index in [0.29, 0.717) is 11.5 Å². The Bertz CT molecular complexity index is 843. The van der Waals surface area contributed by atoms with E-state index < -0.39 is 0 Å². The highest BCUT2D eigenvalue weighted by atomic mass is 19.1. The minimum Gasteiger partial charge on any atom is -0.369 e. The summed E-state index contributed by atoms with van der Waals surface area (Å²) >= 11 is 0. The first kappa shape index (κ1) is 13.1. The lowest BCUT2D eigenvalue weighted by Gasteiger charge is -2.16. The Morgan fingerprint density at radius 2 is 1.95 bits per heavy atom. The molecule has 0 aliphatic heterocycles. The fraction of sp³-hybridized carbons (Fsp3) is 0.125. The molecule has 0 amide bonds. The molecule has 4 nitrogen and oxygen atoms in total. The van der Waals surface area contributed by atoms with Gasteiger partial charge in [0, 0.05) is 0 Å². The molecule has 1 aromatic heterocycles. The Morgan fingerprint density at radius 1 is 1.24 bits per heavy atom. The van der Waals surface area contributed by atoms with Crippen molar-refractivity contribution in [3.05, 3.63) is 59.4 Å². The molecule has 0 fully saturated rings. The van der Waals surface area contributed by atoms with Crippen LogP contribution in [0.3, 0.4) is 0 Å². The largest absolute Gasteiger partial charge is 0.369 e. The van der Waals surface area contributed by atoms with Gasteiger partial charge in [0.2, 0.25) is 5.95 Å². The van der Waals surface area contributed by atoms with Crippen LogP contribution in [0.15, 0.2) is 42.5 Å². The van der Waals surface area contributed by atoms with Gasteiger partial charge in [-0.25, -0.2) is 9.37 Å². The van der Waals surface area contributed by atoms with E-state index in [9.17, 15) is 4.39 Å². The zero-order chi connectivity index (χ0) is 15.0. The molecule has 2 N–H and O–H groups in total. The van der Waals surface area contributed by atoms with Crippen LogP contribution < -0.4 is 5.73 Å². The van der Waals surface area contributed by atoms with Crippen LogP contribution in [0.4, 0.5) is 10.3 Å². The summed E-state index contributed by atoms with van der Waals surface area (Å²) in [5, 5.41) is 9.03. The first-order valence-electron chi connectivity index (χ1n) is 6.53. The van der Waals surface area contributed by atoms with E-state index in [-0.39, 0.29) is 11.9 Å². The van der Waals surface area contributed by atoms with Crippen LogP contribution in [0.25, 0.3) is 11.0 Å². The predicted molar refractivity (Wildman–Crippen MR) is 79.1 cm³/mol. The number of halogens is 1. The lowest BCUT2D eigenvalue weighted by molar-refractivity contribution is 0.621. The number of nitrogens with two attached hydrogens (primary N) is 1. The second kappa shape index (κ2) is 4.91. The van der Waals surface area contributed by atoms with Crippen molar-refractivity contribution in [1.29, 1.82) is 5.26 Å². The highest BCUT2D eigenvalue weighted by Gasteiger charge is 2.16. The van der Waals surface area contributed by atoms with Gasteiger partial charge in [0.25, 0.3) is 0 Å². The molecule has 104 valence electrons. The molecule has 0 saturated carbocycles. The number of nitriles is 1. The number of hydrogen-bond donors (Lipinski definition) is 1. The van der Waals surface area contributed by atoms with Gasteiger partial charge < -0.3 is 10.3 Å². The molecule has 1 unspecified atom stereocenters. The smallest absolute Gasteiger partial charge is 0.201 e. The normalized spacial score (nSPS) is 12.2. The van der Waals surface area contributed by atoms with E-state index in [1.807, 2.05) is 11.5 Å². The first-order chi connectivity index (χ1) is 10.1. The Kier molecular flexibility index (Phi) is 3.07. The summed E-state index contributed by atoms with van der Waals surface area (Å²) < 4.78 is 14.9. The highest BCUT2D eigenvalue weighted by molar-refractivity contribution is 5.80. The summed E-state index contributed by atoms with van der Waals surface area (Å²) in [6, 6.07) is 13.5. The number of rotatable bonds is 2. The molecule has 3 rings (SSSR count). The number of hydrogen-bond acceptors (Lipinski definition) is 3. The maximum absolute atomic E-state index is 13.0. The van der Waals surface area contributed by atoms with Gasteiger partial charge in [-0.1, -0.05) is 12.1 Å². The molecule has 1 atom stereocenters. The summed E-state index contributed by atoms with van der Waals surface area (Å²) in [7, 11) is 0. The molecule has 2 aromatic carbocycles. The summed E-state index contributed by atoms with van der Waals surface area (Å²) in [5.41, 5.74) is 9.01. The van der Waals surface area contributed by atoms with Gasteiger partial charge in [-0.3, -0.25) is 0 Å². The van der Waals surface area contributed by atoms with Crippen LogP contribution >= 0.6 is 0 Å². The second-order valence-electron chi connectivity index (χ2n) is 4.88. The zero-order valence-corrected chi connectivity index (χ0v) is 11.4. The van der Waals surface area contributed by atoms with Crippen molar-refractivity contribution < 1.29 is 4.39 Å². The van der Waals surface area contributed by atoms with Crippen LogP contribution in [-0.2, 0) is 0 Å². The van der Waals surface area contributed by atoms with Crippen molar-refractivity contribution >= 4 is 17.0 Å². The molecule has 0 bridgehead atoms. The Hall–Kier alpha value is -2.87. The van der Waals surface area contributed by atoms with Crippen molar-refractivity contribution in [3.8, 4) is 6.07 Å². The minimum absolute atomic E-state index is 0.107. The van der Waals surface area contributed by atoms with Gasteiger partial charge in [0.15, 0.2) is 0 Å². The molecule has 21 heavy (non-hydrogen) atoms. The molecule has 0 spiro atoms. The van der Waals surface area contributed by atoms with Crippen molar-refractivity contribution in [2.24, 2.45) is 0 Å². The molecular formula is C16H13FN4. The van der Waals surface area contributed by atoms with Gasteiger partial charge in [0.1, 0.15) is 5.82 Å². The molecule has 1 heterocycles. The van der Waals surface area contributed by atoms with Gasteiger partial charge in [-0.15, -0.1) is 0 Å². The first-order valence-corrected chi connectivity index (χ1v) is 6.53. The SMILES string of the molecule is CC(c1ccc(F)cc1)n1c(N)nc2ccc(C#N)cc21. The van der Waals surface area contributed by atoms with Gasteiger partial charge >= 0.3 is 0 Å². The molecule has 0 aliphatic rings. The van der Waals surface area contributed by atoms with Crippen LogP contribution in [0, 0.1) is 17.1 Å². The summed E-state index contributed by atoms with van der Waals surface area (Å²) in [6.45, 7) is 1.96. The molecule has 0 saturated heterocycles. The third-order valence-electron chi connectivity index (χ3n) is 3.59. The monoisotopic (exact) mass is 280 g/mol. The maximum Gasteiger partial charge on any atom is 0.201 e. The summed E-state index contributed by atoms with van der Waals surface area (Å²) in [5.74, 6) is 0.0955. The number of aromatic nitrogens is 2. The van der Waals surface area contributed by atoms with Crippen molar-refractivity contribution in [3.63, 3.8) is 0 Å². The topological polar surface area (TPSA) is 67.6 Å². The minimum atomic E-state index is -0.277. The Morgan fingerprint density at radius 3 is 2.62 bits per heavy atom. The number of nitrogens with zero attached hydrogens (tertiary/aromatic N) is 3. The summed E-state index contributed by atoms with van der Waals surface area (Å²) in [4.78, 5) is 4.31. The number of benzene rings is 2. The lowest BCUT2D eigenvalue weighted by Crippen LogP contribution is -2.10. The fourth-order valence-electron chi connectivity index (χ4n) is 2.48. The Balaban J connectivity index is 2.16. The van der Waals surface area contributed by atoms with E-state index in [4.69, 9.17) is 11.0 Å². The van der Waals surface area contributed by atoms with Crippen LogP contribution in [0.5, 0.6) is 0 Å². The van der Waals surface area contributed by atoms with Crippen molar-refractivity contribution in [1.82, 2.24) is 9.55 Å². The standard InChI is InChI=1S/C16H13FN4/c1-10(12-3-5-13(17)6-4-12)21-15-8-11(9-18)2-7-14(15)20-16(21)19/h2-8,10H,1H3,(H2,19,20). The third-order valence-corrected chi connectivity index (χ3v) is 3.59. The summed E-state index contributed by atoms with van der Waals surface area (Å²) in [6.07, 6.45) is 0. The second-order valence-corrected chi connectivity index (χ2v) is 4.88. The quantitative estimate of drug-likeness (QED) is 0.783. The van der Waals surface area contributed by atoms with E-state index in [2.05, 4.69) is 11.1 Å². The van der Waals surface area contributed by atoms with E-state index in [1.165, 1.54) is 12.1 Å². The number of fused-ring (bicyclic) bond motifs is 1. The van der Waals surface area contributed by atoms with Gasteiger partial charge in [-0.2, -0.15) is 5.26 Å². The zero-order valence-electron chi connectivity index (χ0n) is 11.4. The van der Waals surface area contributed by atoms with Gasteiger partial charge in [-0.05, 0) is 42.8 Å². The third kappa shape index (κ3) is 2.21. The van der Waals surface area contributed by atoms with E-state index in [1.54, 1.807) is 30.3 Å². The fourth-order valence-corrected chi connectivity index (χ4v) is 2.48. The highest BCUT2D eigenvalue weighted by Crippen LogP contribution is 2.27. The lowest BCUT2D eigenvalue weighted by atomic mass is 10.1. The van der Waals surface area contributed by atoms with Crippen LogP contribution in [0.2, 0.25) is 0 Å². The average molecular weight is 280 g/mol. The van der Waals surface area contributed by atoms with Crippen LogP contribution in [-0.4, -0.2) is 9.55 Å². The molecular weight excluding hydrogens is 267 g/mol. The van der Waals surface area contributed by atoms with Gasteiger partial charge in [0.05, 0.1) is 28.7 Å². The molecule has 3 aromatic rings. The Labute approximate surface area is 121 Å². The van der Waals surface area contributed by atoms with Crippen molar-refractivity contribution in [2.75, 3.05) is 5.73 Å². The van der Waals surface area contributed by atoms with E-state index >= 15 is 0 Å². The molecule has 0 aliphatic carbocycles. The molecule has 0 radical (unpaired) electrons. The number of nitrogen functional groups attached to an aromatic ring is 1. The van der Waals surface area contributed by atoms with Crippen molar-refractivity contribution in [2.45, 2.75) is 13.0 Å². The van der Waals surface area contributed by atoms with E-state index in [0.717, 1.165) is 16.6 Å². The maximum atomic E-state index is 13.0.